The molecule has 9 nitrogen and oxygen atoms in total. The van der Waals surface area contributed by atoms with Crippen LogP contribution in [0.4, 0.5) is 4.79 Å². The van der Waals surface area contributed by atoms with Crippen LogP contribution in [0.5, 0.6) is 5.75 Å². The molecule has 1 atom stereocenters. The number of aliphatic carboxylic acids is 1. The van der Waals surface area contributed by atoms with Crippen LogP contribution in [0.3, 0.4) is 0 Å². The fraction of sp³-hybridized carbons (Fsp3) is 0.304. The minimum atomic E-state index is -1.18. The second-order valence-electron chi connectivity index (χ2n) is 7.55. The molecule has 174 valence electrons. The molecule has 33 heavy (non-hydrogen) atoms. The van der Waals surface area contributed by atoms with Crippen molar-refractivity contribution in [3.8, 4) is 5.75 Å². The van der Waals surface area contributed by atoms with Gasteiger partial charge in [-0.3, -0.25) is 9.59 Å². The van der Waals surface area contributed by atoms with Gasteiger partial charge in [0, 0.05) is 39.5 Å². The molecule has 0 spiro atoms. The van der Waals surface area contributed by atoms with Crippen molar-refractivity contribution in [1.82, 2.24) is 15.1 Å². The van der Waals surface area contributed by atoms with Gasteiger partial charge >= 0.3 is 12.1 Å². The highest BCUT2D eigenvalue weighted by Gasteiger charge is 2.24. The maximum Gasteiger partial charge on any atom is 0.415 e. The van der Waals surface area contributed by atoms with Gasteiger partial charge in [-0.05, 0) is 29.8 Å². The van der Waals surface area contributed by atoms with Crippen LogP contribution < -0.4 is 10.1 Å². The van der Waals surface area contributed by atoms with E-state index in [-0.39, 0.29) is 22.9 Å². The summed E-state index contributed by atoms with van der Waals surface area (Å²) in [5, 5.41) is 12.2. The van der Waals surface area contributed by atoms with E-state index < -0.39 is 24.0 Å². The normalized spacial score (nSPS) is 14.4. The molecule has 1 aliphatic heterocycles. The molecule has 0 saturated carbocycles. The van der Waals surface area contributed by atoms with Gasteiger partial charge in [0.2, 0.25) is 5.91 Å². The fourth-order valence-corrected chi connectivity index (χ4v) is 3.60. The average molecular weight is 474 g/mol. The second kappa shape index (κ2) is 10.8. The van der Waals surface area contributed by atoms with Crippen LogP contribution in [-0.2, 0) is 16.0 Å². The Labute approximate surface area is 195 Å². The number of carboxylic acids is 1. The quantitative estimate of drug-likeness (QED) is 0.665. The average Bonchev–Trinajstić information content (AvgIpc) is 2.80. The minimum Gasteiger partial charge on any atom is -0.480 e. The summed E-state index contributed by atoms with van der Waals surface area (Å²) in [4.78, 5) is 51.0. The lowest BCUT2D eigenvalue weighted by atomic mass is 10.1. The number of hydrogen-bond acceptors (Lipinski definition) is 5. The summed E-state index contributed by atoms with van der Waals surface area (Å²) in [6.07, 6.45) is -0.478. The third-order valence-electron chi connectivity index (χ3n) is 5.27. The number of nitrogens with one attached hydrogen (secondary N) is 1. The predicted molar refractivity (Wildman–Crippen MR) is 120 cm³/mol. The summed E-state index contributed by atoms with van der Waals surface area (Å²) in [6, 6.07) is 11.6. The van der Waals surface area contributed by atoms with Crippen molar-refractivity contribution in [3.05, 3.63) is 64.7 Å². The van der Waals surface area contributed by atoms with Crippen LogP contribution in [-0.4, -0.2) is 71.0 Å². The first-order chi connectivity index (χ1) is 15.7. The van der Waals surface area contributed by atoms with E-state index >= 15 is 0 Å². The molecule has 0 aliphatic carbocycles. The highest BCUT2D eigenvalue weighted by Crippen LogP contribution is 2.17. The van der Waals surface area contributed by atoms with E-state index in [4.69, 9.17) is 16.3 Å². The number of halogens is 1. The van der Waals surface area contributed by atoms with Crippen LogP contribution in [0.2, 0.25) is 5.02 Å². The molecular weight excluding hydrogens is 450 g/mol. The zero-order valence-electron chi connectivity index (χ0n) is 18.0. The maximum atomic E-state index is 12.4. The van der Waals surface area contributed by atoms with Crippen LogP contribution in [0.1, 0.15) is 22.8 Å². The van der Waals surface area contributed by atoms with E-state index in [0.29, 0.717) is 37.5 Å². The molecule has 2 N–H and O–H groups in total. The molecule has 1 saturated heterocycles. The molecule has 1 aliphatic rings. The Morgan fingerprint density at radius 2 is 1.61 bits per heavy atom. The van der Waals surface area contributed by atoms with Gasteiger partial charge in [0.25, 0.3) is 5.91 Å². The molecule has 0 aromatic heterocycles. The zero-order chi connectivity index (χ0) is 24.0. The van der Waals surface area contributed by atoms with Crippen molar-refractivity contribution in [3.63, 3.8) is 0 Å². The van der Waals surface area contributed by atoms with E-state index in [1.165, 1.54) is 17.9 Å². The highest BCUT2D eigenvalue weighted by molar-refractivity contribution is 6.33. The standard InChI is InChI=1S/C23H24ClN3O6/c1-15(28)26-10-12-27(13-11-26)23(32)33-17-8-6-16(7-9-17)14-20(22(30)31)25-21(29)18-4-2-3-5-19(18)24/h2-9,20H,10-14H2,1H3,(H,25,29)(H,30,31)/t20-/m0/s1. The van der Waals surface area contributed by atoms with Crippen LogP contribution in [0, 0.1) is 0 Å². The summed E-state index contributed by atoms with van der Waals surface area (Å²) < 4.78 is 5.38. The molecule has 0 unspecified atom stereocenters. The van der Waals surface area contributed by atoms with Gasteiger partial charge < -0.3 is 25.0 Å². The fourth-order valence-electron chi connectivity index (χ4n) is 3.38. The van der Waals surface area contributed by atoms with E-state index in [2.05, 4.69) is 5.32 Å². The lowest BCUT2D eigenvalue weighted by molar-refractivity contribution is -0.139. The lowest BCUT2D eigenvalue weighted by Gasteiger charge is -2.33. The largest absolute Gasteiger partial charge is 0.480 e. The summed E-state index contributed by atoms with van der Waals surface area (Å²) in [7, 11) is 0. The molecule has 10 heteroatoms. The van der Waals surface area contributed by atoms with E-state index in [1.807, 2.05) is 0 Å². The molecular formula is C23H24ClN3O6. The third-order valence-corrected chi connectivity index (χ3v) is 5.60. The Kier molecular flexibility index (Phi) is 7.89. The smallest absolute Gasteiger partial charge is 0.415 e. The monoisotopic (exact) mass is 473 g/mol. The summed E-state index contributed by atoms with van der Waals surface area (Å²) in [5.74, 6) is -1.48. The molecule has 3 rings (SSSR count). The first-order valence-electron chi connectivity index (χ1n) is 10.3. The Morgan fingerprint density at radius 1 is 1.00 bits per heavy atom. The number of carbonyl (C=O) groups is 4. The van der Waals surface area contributed by atoms with Crippen LogP contribution >= 0.6 is 11.6 Å². The molecule has 1 heterocycles. The Bertz CT molecular complexity index is 1030. The molecule has 0 bridgehead atoms. The summed E-state index contributed by atoms with van der Waals surface area (Å²) >= 11 is 6.01. The van der Waals surface area contributed by atoms with Gasteiger partial charge in [0.15, 0.2) is 0 Å². The van der Waals surface area contributed by atoms with Gasteiger partial charge in [-0.1, -0.05) is 35.9 Å². The highest BCUT2D eigenvalue weighted by atomic mass is 35.5. The second-order valence-corrected chi connectivity index (χ2v) is 7.96. The number of nitrogens with zero attached hydrogens (tertiary/aromatic N) is 2. The summed E-state index contributed by atoms with van der Waals surface area (Å²) in [6.45, 7) is 3.19. The minimum absolute atomic E-state index is 0.0265. The first kappa shape index (κ1) is 24.1. The van der Waals surface area contributed by atoms with Gasteiger partial charge in [0.05, 0.1) is 10.6 Å². The van der Waals surface area contributed by atoms with Gasteiger partial charge in [0.1, 0.15) is 11.8 Å². The van der Waals surface area contributed by atoms with Crippen molar-refractivity contribution >= 4 is 35.5 Å². The molecule has 1 fully saturated rings. The van der Waals surface area contributed by atoms with Crippen molar-refractivity contribution < 1.29 is 29.0 Å². The number of benzene rings is 2. The Balaban J connectivity index is 1.56. The van der Waals surface area contributed by atoms with Crippen molar-refractivity contribution in [2.45, 2.75) is 19.4 Å². The van der Waals surface area contributed by atoms with Crippen LogP contribution in [0.25, 0.3) is 0 Å². The van der Waals surface area contributed by atoms with E-state index in [9.17, 15) is 24.3 Å². The lowest BCUT2D eigenvalue weighted by Crippen LogP contribution is -2.50. The SMILES string of the molecule is CC(=O)N1CCN(C(=O)Oc2ccc(C[C@H](NC(=O)c3ccccc3Cl)C(=O)O)cc2)CC1. The van der Waals surface area contributed by atoms with Crippen LogP contribution in [0.15, 0.2) is 48.5 Å². The molecule has 3 amide bonds. The third kappa shape index (κ3) is 6.45. The molecule has 0 radical (unpaired) electrons. The van der Waals surface area contributed by atoms with Crippen molar-refractivity contribution in [2.24, 2.45) is 0 Å². The van der Waals surface area contributed by atoms with Gasteiger partial charge in [-0.25, -0.2) is 9.59 Å². The Morgan fingerprint density at radius 3 is 2.18 bits per heavy atom. The number of amides is 3. The number of hydrogen-bond donors (Lipinski definition) is 2. The number of piperazine rings is 1. The van der Waals surface area contributed by atoms with Crippen molar-refractivity contribution in [2.75, 3.05) is 26.2 Å². The maximum absolute atomic E-state index is 12.4. The number of rotatable bonds is 6. The first-order valence-corrected chi connectivity index (χ1v) is 10.7. The van der Waals surface area contributed by atoms with Gasteiger partial charge in [-0.15, -0.1) is 0 Å². The zero-order valence-corrected chi connectivity index (χ0v) is 18.7. The summed E-state index contributed by atoms with van der Waals surface area (Å²) in [5.41, 5.74) is 0.827. The number of carbonyl (C=O) groups excluding carboxylic acids is 3. The van der Waals surface area contributed by atoms with E-state index in [0.717, 1.165) is 0 Å². The van der Waals surface area contributed by atoms with E-state index in [1.54, 1.807) is 47.4 Å². The van der Waals surface area contributed by atoms with Crippen molar-refractivity contribution in [1.29, 1.82) is 0 Å². The number of carboxylic acid groups (broad SMARTS) is 1. The van der Waals surface area contributed by atoms with Gasteiger partial charge in [-0.2, -0.15) is 0 Å². The topological polar surface area (TPSA) is 116 Å². The Hall–Kier alpha value is -3.59. The predicted octanol–water partition coefficient (Wildman–Crippen LogP) is 2.43. The molecule has 2 aromatic rings. The number of ether oxygens (including phenoxy) is 1. The molecule has 2 aromatic carbocycles.